The highest BCUT2D eigenvalue weighted by Gasteiger charge is 2.71. The summed E-state index contributed by atoms with van der Waals surface area (Å²) in [5.74, 6) is 0.637. The van der Waals surface area contributed by atoms with E-state index >= 15 is 0 Å². The van der Waals surface area contributed by atoms with Crippen LogP contribution in [0.4, 0.5) is 17.5 Å². The molecule has 0 spiro atoms. The first-order valence-corrected chi connectivity index (χ1v) is 41.4. The van der Waals surface area contributed by atoms with Crippen molar-refractivity contribution >= 4 is 248 Å². The molecule has 9 N–H and O–H groups in total. The van der Waals surface area contributed by atoms with Gasteiger partial charge in [0, 0.05) is 121 Å². The summed E-state index contributed by atoms with van der Waals surface area (Å²) in [5, 5.41) is 25.1. The summed E-state index contributed by atoms with van der Waals surface area (Å²) in [5.41, 5.74) is 42.0. The molecule has 0 amide bonds. The Morgan fingerprint density at radius 1 is 0.276 bits per heavy atom. The molecule has 2 atom stereocenters. The van der Waals surface area contributed by atoms with E-state index in [2.05, 4.69) is 58.8 Å². The lowest BCUT2D eigenvalue weighted by atomic mass is 9.49. The summed E-state index contributed by atoms with van der Waals surface area (Å²) in [4.78, 5) is 107. The van der Waals surface area contributed by atoms with E-state index in [1.807, 2.05) is 206 Å². The SMILES string of the molecule is N=C1NC(=Nc2nc(=Nc3[nH]c(N)c4nc5c6ccc7nc6c6nc(ccc6c5nc34)c3cccc4ccc(nc43)c3ccc4cccc7c4n3)c3nc4c5ccc6nc5c5nc(ccc5c4nc23)c2cccc3ccc(nc32)c2ccc3cccc6c3n2)C2=C1C1(N)c3ccc(-c4cccc5cccnc45)nc3-c3nc(-c4cccc5cccnc45)ccc3C21N. The van der Waals surface area contributed by atoms with Crippen LogP contribution in [0.5, 0.6) is 0 Å². The van der Waals surface area contributed by atoms with Gasteiger partial charge in [-0.25, -0.2) is 84.7 Å². The van der Waals surface area contributed by atoms with Gasteiger partial charge in [-0.15, -0.1) is 0 Å². The molecule has 2 unspecified atom stereocenters. The van der Waals surface area contributed by atoms with Crippen LogP contribution in [-0.2, 0) is 11.1 Å². The van der Waals surface area contributed by atoms with Gasteiger partial charge >= 0.3 is 0 Å². The molecule has 586 valence electrons. The minimum absolute atomic E-state index is 0.0243. The molecule has 0 saturated carbocycles. The molecule has 29 rings (SSSR count). The van der Waals surface area contributed by atoms with Crippen LogP contribution >= 0.6 is 0 Å². The fraction of sp³-hybridized carbons (Fsp3) is 0.0196. The predicted octanol–water partition coefficient (Wildman–Crippen LogP) is 19.0. The number of fused-ring (bicyclic) bond motifs is 32. The molecule has 25 heteroatoms. The number of H-pyrrole nitrogens is 1. The zero-order chi connectivity index (χ0) is 83.3. The van der Waals surface area contributed by atoms with Crippen LogP contribution in [0.15, 0.2) is 288 Å². The number of nitrogens with two attached hydrogens (primary N) is 3. The number of rotatable bonds is 4. The first-order valence-electron chi connectivity index (χ1n) is 41.4. The molecule has 16 bridgehead atoms. The number of para-hydroxylation sites is 6. The number of nitrogens with one attached hydrogen (secondary N) is 3. The average molecular weight is 1630 g/mol. The van der Waals surface area contributed by atoms with Crippen molar-refractivity contribution in [3.05, 3.63) is 295 Å². The average Bonchev–Trinajstić information content (AvgIpc) is 1.59. The second-order valence-electron chi connectivity index (χ2n) is 32.9. The topological polar surface area (TPSA) is 374 Å². The minimum atomic E-state index is -1.63. The number of aromatic amines is 1. The lowest BCUT2D eigenvalue weighted by molar-refractivity contribution is 0.272. The van der Waals surface area contributed by atoms with Crippen LogP contribution in [0, 0.1) is 5.41 Å². The van der Waals surface area contributed by atoms with E-state index in [9.17, 15) is 5.41 Å². The van der Waals surface area contributed by atoms with Crippen LogP contribution in [0.2, 0.25) is 0 Å². The summed E-state index contributed by atoms with van der Waals surface area (Å²) in [6.07, 6.45) is 3.56. The number of amidine groups is 2. The lowest BCUT2D eigenvalue weighted by Gasteiger charge is -2.58. The van der Waals surface area contributed by atoms with Gasteiger partial charge in [0.1, 0.15) is 39.6 Å². The Bertz CT molecular complexity index is 9960. The van der Waals surface area contributed by atoms with Crippen molar-refractivity contribution in [3.63, 3.8) is 0 Å². The molecule has 18 aromatic heterocycles. The zero-order valence-corrected chi connectivity index (χ0v) is 66.1. The Kier molecular flexibility index (Phi) is 12.9. The van der Waals surface area contributed by atoms with Crippen LogP contribution in [0.25, 0.3) is 253 Å². The number of pyridine rings is 12. The smallest absolute Gasteiger partial charge is 0.184 e. The molecule has 1 aliphatic heterocycles. The predicted molar refractivity (Wildman–Crippen MR) is 500 cm³/mol. The third-order valence-corrected chi connectivity index (χ3v) is 26.2. The van der Waals surface area contributed by atoms with Crippen molar-refractivity contribution in [3.8, 4) is 33.9 Å². The van der Waals surface area contributed by atoms with Crippen molar-refractivity contribution in [1.82, 2.24) is 95.0 Å². The van der Waals surface area contributed by atoms with Crippen molar-refractivity contribution in [2.45, 2.75) is 11.1 Å². The van der Waals surface area contributed by atoms with Crippen LogP contribution in [-0.4, -0.2) is 101 Å². The van der Waals surface area contributed by atoms with E-state index in [4.69, 9.17) is 112 Å². The summed E-state index contributed by atoms with van der Waals surface area (Å²) in [6.45, 7) is 0. The van der Waals surface area contributed by atoms with E-state index in [0.29, 0.717) is 144 Å². The van der Waals surface area contributed by atoms with E-state index in [1.54, 1.807) is 12.4 Å². The molecule has 25 nitrogen and oxygen atoms in total. The molecule has 19 heterocycles. The van der Waals surface area contributed by atoms with Gasteiger partial charge in [-0.2, -0.15) is 0 Å². The fourth-order valence-corrected chi connectivity index (χ4v) is 20.3. The molecule has 0 saturated heterocycles. The largest absolute Gasteiger partial charge is 0.383 e. The second-order valence-corrected chi connectivity index (χ2v) is 32.9. The molecular formula is C102H53N25. The van der Waals surface area contributed by atoms with Gasteiger partial charge in [0.15, 0.2) is 17.1 Å². The second kappa shape index (κ2) is 24.1. The van der Waals surface area contributed by atoms with E-state index in [-0.39, 0.29) is 45.6 Å². The Morgan fingerprint density at radius 2 is 0.630 bits per heavy atom. The van der Waals surface area contributed by atoms with E-state index in [1.165, 1.54) is 0 Å². The highest BCUT2D eigenvalue weighted by atomic mass is 15.2. The lowest BCUT2D eigenvalue weighted by Crippen LogP contribution is -2.72. The monoisotopic (exact) mass is 1630 g/mol. The summed E-state index contributed by atoms with van der Waals surface area (Å²) in [7, 11) is 0. The Balaban J connectivity index is 0.689. The summed E-state index contributed by atoms with van der Waals surface area (Å²) in [6, 6.07) is 84.7. The maximum Gasteiger partial charge on any atom is 0.184 e. The number of hydrogen-bond donors (Lipinski definition) is 6. The number of aliphatic imine (C=N–C) groups is 1. The molecule has 2 aliphatic carbocycles. The van der Waals surface area contributed by atoms with E-state index < -0.39 is 11.1 Å². The Morgan fingerprint density at radius 3 is 1.06 bits per heavy atom. The maximum absolute atomic E-state index is 10.1. The van der Waals surface area contributed by atoms with E-state index in [0.717, 1.165) is 120 Å². The highest BCUT2D eigenvalue weighted by Crippen LogP contribution is 2.64. The van der Waals surface area contributed by atoms with Crippen LogP contribution in [0.1, 0.15) is 11.1 Å². The standard InChI is InChI=1S/C102H53N25/c103-95-73-74(102(106)62-32-42-68(52-18-2-10-46-16-8-44-108-76(46)52)114-90(62)89-61(101(73,102)105)31-41-67(113-89)51-17-1-9-45-15-7-43-107-75(45)51)97(123-95)125-99-93-94(122-88-60-30-40-66-56-22-6-14-50-26-36-72(118-80(50)56)71-35-25-49-13-5-21-55(79(49)117-71)65-39-29-59(87(88)121-93)83(111-65)84(60)112-66)100(127-99)126-98-92-91(96(104)124-98)119-85-57-27-37-63-53-19-3-11-47-23-33-69(115-77(47)53)70-34-24-48-12-4-20-54(78(48)116-70)64-38-28-58(86(85)120-92)82(110-64)81(57)109-63/h1-44,124H,104-106H2,(H2,103,123,125,126,127). The summed E-state index contributed by atoms with van der Waals surface area (Å²) >= 11 is 0. The fourth-order valence-electron chi connectivity index (χ4n) is 20.3. The first kappa shape index (κ1) is 68.0. The van der Waals surface area contributed by atoms with Crippen LogP contribution < -0.4 is 28.0 Å². The number of anilines is 1. The Labute approximate surface area is 711 Å². The normalized spacial score (nSPS) is 16.3. The number of nitrogen functional groups attached to an aromatic ring is 1. The van der Waals surface area contributed by atoms with Crippen LogP contribution in [0.3, 0.4) is 0 Å². The van der Waals surface area contributed by atoms with Crippen molar-refractivity contribution in [2.75, 3.05) is 5.73 Å². The molecule has 0 radical (unpaired) electrons. The molecule has 26 aromatic rings. The Hall–Kier alpha value is -17.7. The van der Waals surface area contributed by atoms with Gasteiger partial charge in [0.25, 0.3) is 0 Å². The van der Waals surface area contributed by atoms with Gasteiger partial charge in [-0.3, -0.25) is 15.4 Å². The van der Waals surface area contributed by atoms with Gasteiger partial charge in [0.05, 0.1) is 155 Å². The van der Waals surface area contributed by atoms with Gasteiger partial charge in [-0.1, -0.05) is 158 Å². The van der Waals surface area contributed by atoms with Crippen molar-refractivity contribution < 1.29 is 0 Å². The van der Waals surface area contributed by atoms with Gasteiger partial charge in [0.2, 0.25) is 0 Å². The third-order valence-electron chi connectivity index (χ3n) is 26.2. The number of benzene rings is 8. The zero-order valence-electron chi connectivity index (χ0n) is 66.1. The third kappa shape index (κ3) is 9.08. The maximum atomic E-state index is 10.1. The molecular weight excluding hydrogens is 1580 g/mol. The number of nitrogens with zero attached hydrogens (tertiary/aromatic N) is 19. The van der Waals surface area contributed by atoms with Gasteiger partial charge in [-0.05, 0) is 97.1 Å². The first-order chi connectivity index (χ1) is 62.4. The quantitative estimate of drug-likeness (QED) is 0.0891. The number of aromatic nitrogens is 18. The minimum Gasteiger partial charge on any atom is -0.383 e. The highest BCUT2D eigenvalue weighted by molar-refractivity contribution is 6.30. The molecule has 0 fully saturated rings. The van der Waals surface area contributed by atoms with Gasteiger partial charge < -0.3 is 27.5 Å². The molecule has 8 aromatic carbocycles. The van der Waals surface area contributed by atoms with Crippen molar-refractivity contribution in [1.29, 1.82) is 5.41 Å². The van der Waals surface area contributed by atoms with Crippen molar-refractivity contribution in [2.24, 2.45) is 21.5 Å². The summed E-state index contributed by atoms with van der Waals surface area (Å²) < 4.78 is 0. The molecule has 3 aliphatic rings. The number of hydrogen-bond acceptors (Lipinski definition) is 23. The molecule has 127 heavy (non-hydrogen) atoms.